The molecular weight excluding hydrogens is 501 g/mol. The molecule has 0 spiro atoms. The van der Waals surface area contributed by atoms with Gasteiger partial charge in [-0.25, -0.2) is 4.79 Å². The fourth-order valence-electron chi connectivity index (χ4n) is 3.09. The molecule has 1 aromatic carbocycles. The summed E-state index contributed by atoms with van der Waals surface area (Å²) in [6, 6.07) is 4.40. The molecule has 2 atom stereocenters. The smallest absolute Gasteiger partial charge is 0.410 e. The monoisotopic (exact) mass is 533 g/mol. The Hall–Kier alpha value is -1.84. The first kappa shape index (κ1) is 26.2. The number of carbonyl (C=O) groups excluding carboxylic acids is 3. The van der Waals surface area contributed by atoms with Gasteiger partial charge in [0.15, 0.2) is 5.78 Å². The molecule has 0 aromatic heterocycles. The molecule has 0 fully saturated rings. The molecule has 0 radical (unpaired) electrons. The molecule has 8 heteroatoms. The van der Waals surface area contributed by atoms with Crippen molar-refractivity contribution in [2.75, 3.05) is 21.3 Å². The normalized spacial score (nSPS) is 13.2. The van der Waals surface area contributed by atoms with Crippen LogP contribution in [0.4, 0.5) is 4.79 Å². The van der Waals surface area contributed by atoms with Crippen molar-refractivity contribution in [3.05, 3.63) is 27.3 Å². The summed E-state index contributed by atoms with van der Waals surface area (Å²) in [5, 5.41) is 0. The van der Waals surface area contributed by atoms with Gasteiger partial charge in [-0.2, -0.15) is 0 Å². The van der Waals surface area contributed by atoms with Crippen molar-refractivity contribution in [3.8, 4) is 5.75 Å². The lowest BCUT2D eigenvalue weighted by Gasteiger charge is -2.31. The van der Waals surface area contributed by atoms with Gasteiger partial charge in [-0.15, -0.1) is 0 Å². The summed E-state index contributed by atoms with van der Waals surface area (Å²) < 4.78 is 16.4. The Kier molecular flexibility index (Phi) is 10.1. The molecule has 7 nitrogen and oxygen atoms in total. The number of ketones is 1. The third-order valence-corrected chi connectivity index (χ3v) is 5.33. The third kappa shape index (κ3) is 7.45. The summed E-state index contributed by atoms with van der Waals surface area (Å²) in [7, 11) is 4.41. The Morgan fingerprint density at radius 3 is 2.27 bits per heavy atom. The Morgan fingerprint density at radius 2 is 1.80 bits per heavy atom. The van der Waals surface area contributed by atoms with Crippen molar-refractivity contribution < 1.29 is 28.6 Å². The van der Waals surface area contributed by atoms with Gasteiger partial charge in [0.1, 0.15) is 17.4 Å². The molecular formula is C22H32INO6. The van der Waals surface area contributed by atoms with E-state index in [9.17, 15) is 14.4 Å². The van der Waals surface area contributed by atoms with E-state index in [1.165, 1.54) is 19.1 Å². The van der Waals surface area contributed by atoms with Crippen molar-refractivity contribution in [2.45, 2.75) is 58.6 Å². The van der Waals surface area contributed by atoms with Crippen molar-refractivity contribution in [2.24, 2.45) is 5.92 Å². The number of benzene rings is 1. The van der Waals surface area contributed by atoms with Crippen LogP contribution >= 0.6 is 22.6 Å². The average molecular weight is 533 g/mol. The molecule has 0 aliphatic carbocycles. The summed E-state index contributed by atoms with van der Waals surface area (Å²) in [5.74, 6) is -0.565. The highest BCUT2D eigenvalue weighted by molar-refractivity contribution is 14.1. The molecule has 0 saturated carbocycles. The van der Waals surface area contributed by atoms with Crippen LogP contribution in [0.2, 0.25) is 0 Å². The first-order valence-corrected chi connectivity index (χ1v) is 10.9. The number of ether oxygens (including phenoxy) is 3. The number of nitrogens with zero attached hydrogens (tertiary/aromatic N) is 1. The SMILES string of the molecule is CCC[C@H](CC(=O)[C@H](c1ccc(OC)c(I)c1)N(C)C(=O)OC(C)(C)C)C(=O)OC. The van der Waals surface area contributed by atoms with E-state index in [0.29, 0.717) is 17.7 Å². The summed E-state index contributed by atoms with van der Waals surface area (Å²) in [5.41, 5.74) is -0.0806. The van der Waals surface area contributed by atoms with Crippen molar-refractivity contribution in [1.82, 2.24) is 4.90 Å². The molecule has 1 rings (SSSR count). The fraction of sp³-hybridized carbons (Fsp3) is 0.591. The second-order valence-electron chi connectivity index (χ2n) is 8.07. The minimum absolute atomic E-state index is 0.0269. The second kappa shape index (κ2) is 11.5. The number of methoxy groups -OCH3 is 2. The quantitative estimate of drug-likeness (QED) is 0.337. The standard InChI is InChI=1S/C22H32INO6/c1-8-9-15(20(26)29-7)13-17(25)19(24(5)21(27)30-22(2,3)4)14-10-11-18(28-6)16(23)12-14/h10-12,15,19H,8-9,13H2,1-7H3/t15-,19+/m1/s1. The highest BCUT2D eigenvalue weighted by Crippen LogP contribution is 2.31. The number of Topliss-reactive ketones (excluding diaryl/α,β-unsaturated/α-hetero) is 1. The van der Waals surface area contributed by atoms with Gasteiger partial charge in [0.05, 0.1) is 23.7 Å². The zero-order valence-electron chi connectivity index (χ0n) is 18.8. The Balaban J connectivity index is 3.31. The predicted molar refractivity (Wildman–Crippen MR) is 122 cm³/mol. The first-order chi connectivity index (χ1) is 13.9. The van der Waals surface area contributed by atoms with Crippen LogP contribution in [0.5, 0.6) is 5.75 Å². The van der Waals surface area contributed by atoms with E-state index >= 15 is 0 Å². The number of esters is 1. The Morgan fingerprint density at radius 1 is 1.17 bits per heavy atom. The zero-order valence-corrected chi connectivity index (χ0v) is 20.9. The van der Waals surface area contributed by atoms with Crippen LogP contribution in [-0.4, -0.2) is 49.6 Å². The summed E-state index contributed by atoms with van der Waals surface area (Å²) in [6.45, 7) is 7.23. The van der Waals surface area contributed by atoms with E-state index in [-0.39, 0.29) is 12.2 Å². The summed E-state index contributed by atoms with van der Waals surface area (Å²) in [4.78, 5) is 39.5. The number of hydrogen-bond donors (Lipinski definition) is 0. The largest absolute Gasteiger partial charge is 0.496 e. The lowest BCUT2D eigenvalue weighted by atomic mass is 9.91. The molecule has 0 heterocycles. The lowest BCUT2D eigenvalue weighted by Crippen LogP contribution is -2.40. The van der Waals surface area contributed by atoms with Gasteiger partial charge >= 0.3 is 12.1 Å². The maximum atomic E-state index is 13.3. The van der Waals surface area contributed by atoms with Crippen LogP contribution in [0.25, 0.3) is 0 Å². The minimum atomic E-state index is -0.900. The number of carbonyl (C=O) groups is 3. The van der Waals surface area contributed by atoms with E-state index in [4.69, 9.17) is 14.2 Å². The average Bonchev–Trinajstić information content (AvgIpc) is 2.65. The minimum Gasteiger partial charge on any atom is -0.496 e. The van der Waals surface area contributed by atoms with E-state index < -0.39 is 29.6 Å². The van der Waals surface area contributed by atoms with Gasteiger partial charge in [0.2, 0.25) is 0 Å². The Bertz CT molecular complexity index is 758. The highest BCUT2D eigenvalue weighted by Gasteiger charge is 2.34. The Labute approximate surface area is 192 Å². The molecule has 0 unspecified atom stereocenters. The lowest BCUT2D eigenvalue weighted by molar-refractivity contribution is -0.148. The molecule has 0 aliphatic heterocycles. The number of rotatable bonds is 9. The third-order valence-electron chi connectivity index (χ3n) is 4.48. The van der Waals surface area contributed by atoms with Crippen LogP contribution in [0.15, 0.2) is 18.2 Å². The maximum Gasteiger partial charge on any atom is 0.410 e. The van der Waals surface area contributed by atoms with Crippen LogP contribution < -0.4 is 4.74 Å². The van der Waals surface area contributed by atoms with Gasteiger partial charge in [-0.05, 0) is 67.5 Å². The number of hydrogen-bond acceptors (Lipinski definition) is 6. The van der Waals surface area contributed by atoms with Crippen LogP contribution in [0, 0.1) is 9.49 Å². The molecule has 168 valence electrons. The number of amides is 1. The fourth-order valence-corrected chi connectivity index (χ4v) is 3.85. The van der Waals surface area contributed by atoms with Crippen LogP contribution in [-0.2, 0) is 19.1 Å². The van der Waals surface area contributed by atoms with Crippen LogP contribution in [0.3, 0.4) is 0 Å². The van der Waals surface area contributed by atoms with Crippen molar-refractivity contribution >= 4 is 40.4 Å². The van der Waals surface area contributed by atoms with E-state index in [1.807, 2.05) is 6.92 Å². The molecule has 1 aromatic rings. The van der Waals surface area contributed by atoms with Crippen molar-refractivity contribution in [3.63, 3.8) is 0 Å². The zero-order chi connectivity index (χ0) is 23.1. The molecule has 0 N–H and O–H groups in total. The molecule has 0 saturated heterocycles. The molecule has 30 heavy (non-hydrogen) atoms. The maximum absolute atomic E-state index is 13.3. The van der Waals surface area contributed by atoms with Crippen LogP contribution in [0.1, 0.15) is 58.6 Å². The van der Waals surface area contributed by atoms with Gasteiger partial charge in [-0.3, -0.25) is 14.5 Å². The van der Waals surface area contributed by atoms with Gasteiger partial charge < -0.3 is 14.2 Å². The first-order valence-electron chi connectivity index (χ1n) is 9.84. The summed E-state index contributed by atoms with van der Waals surface area (Å²) >= 11 is 2.12. The predicted octanol–water partition coefficient (Wildman–Crippen LogP) is 4.76. The van der Waals surface area contributed by atoms with E-state index in [2.05, 4.69) is 22.6 Å². The second-order valence-corrected chi connectivity index (χ2v) is 9.23. The van der Waals surface area contributed by atoms with Crippen molar-refractivity contribution in [1.29, 1.82) is 0 Å². The van der Waals surface area contributed by atoms with Gasteiger partial charge in [-0.1, -0.05) is 19.4 Å². The molecule has 1 amide bonds. The van der Waals surface area contributed by atoms with Gasteiger partial charge in [0, 0.05) is 13.5 Å². The highest BCUT2D eigenvalue weighted by atomic mass is 127. The molecule has 0 bridgehead atoms. The van der Waals surface area contributed by atoms with E-state index in [0.717, 1.165) is 9.99 Å². The number of halogens is 1. The topological polar surface area (TPSA) is 82.1 Å². The number of likely N-dealkylation sites (N-methyl/N-ethyl adjacent to an activating group) is 1. The van der Waals surface area contributed by atoms with Gasteiger partial charge in [0.25, 0.3) is 0 Å². The summed E-state index contributed by atoms with van der Waals surface area (Å²) in [6.07, 6.45) is 0.624. The van der Waals surface area contributed by atoms with E-state index in [1.54, 1.807) is 46.1 Å². The molecule has 0 aliphatic rings.